The van der Waals surface area contributed by atoms with E-state index in [1.54, 1.807) is 24.3 Å². The number of carbonyl (C=O) groups is 1. The van der Waals surface area contributed by atoms with Crippen molar-refractivity contribution in [2.24, 2.45) is 0 Å². The summed E-state index contributed by atoms with van der Waals surface area (Å²) in [4.78, 5) is 12.3. The maximum absolute atomic E-state index is 13.7. The van der Waals surface area contributed by atoms with Gasteiger partial charge in [-0.15, -0.1) is 0 Å². The molecule has 2 aromatic carbocycles. The van der Waals surface area contributed by atoms with Crippen molar-refractivity contribution in [2.45, 2.75) is 6.92 Å². The lowest BCUT2D eigenvalue weighted by Crippen LogP contribution is -2.15. The van der Waals surface area contributed by atoms with Crippen molar-refractivity contribution in [1.29, 1.82) is 0 Å². The average Bonchev–Trinajstić information content (AvgIpc) is 2.45. The predicted molar refractivity (Wildman–Crippen MR) is 87.7 cm³/mol. The smallest absolute Gasteiger partial charge is 0.257 e. The van der Waals surface area contributed by atoms with Gasteiger partial charge in [0, 0.05) is 21.7 Å². The van der Waals surface area contributed by atoms with Crippen LogP contribution in [-0.4, -0.2) is 12.5 Å². The Morgan fingerprint density at radius 1 is 1.24 bits per heavy atom. The van der Waals surface area contributed by atoms with Gasteiger partial charge in [0.2, 0.25) is 0 Å². The molecule has 0 unspecified atom stereocenters. The van der Waals surface area contributed by atoms with E-state index in [0.29, 0.717) is 27.3 Å². The Morgan fingerprint density at radius 2 is 2.00 bits per heavy atom. The van der Waals surface area contributed by atoms with E-state index in [-0.39, 0.29) is 5.69 Å². The fourth-order valence-corrected chi connectivity index (χ4v) is 2.37. The highest BCUT2D eigenvalue weighted by Gasteiger charge is 2.14. The number of amides is 1. The molecule has 110 valence electrons. The molecule has 1 amide bonds. The van der Waals surface area contributed by atoms with Crippen LogP contribution in [0.1, 0.15) is 17.3 Å². The van der Waals surface area contributed by atoms with E-state index in [0.717, 1.165) is 0 Å². The topological polar surface area (TPSA) is 41.1 Å². The van der Waals surface area contributed by atoms with Gasteiger partial charge in [-0.05, 0) is 43.3 Å². The lowest BCUT2D eigenvalue weighted by atomic mass is 10.1. The molecule has 0 radical (unpaired) electrons. The largest absolute Gasteiger partial charge is 0.385 e. The summed E-state index contributed by atoms with van der Waals surface area (Å²) < 4.78 is 14.4. The Morgan fingerprint density at radius 3 is 2.71 bits per heavy atom. The van der Waals surface area contributed by atoms with Crippen LogP contribution in [0.4, 0.5) is 15.8 Å². The molecule has 6 heteroatoms. The Labute approximate surface area is 135 Å². The molecular weight excluding hydrogens is 359 g/mol. The monoisotopic (exact) mass is 370 g/mol. The summed E-state index contributed by atoms with van der Waals surface area (Å²) in [5.41, 5.74) is 1.12. The van der Waals surface area contributed by atoms with E-state index in [4.69, 9.17) is 11.6 Å². The normalized spacial score (nSPS) is 10.3. The molecule has 21 heavy (non-hydrogen) atoms. The number of benzene rings is 2. The molecule has 2 aromatic rings. The van der Waals surface area contributed by atoms with Crippen LogP contribution in [0.15, 0.2) is 40.9 Å². The molecule has 0 bridgehead atoms. The molecule has 0 aliphatic carbocycles. The highest BCUT2D eigenvalue weighted by Crippen LogP contribution is 2.24. The second-order valence-electron chi connectivity index (χ2n) is 4.30. The molecule has 0 aromatic heterocycles. The van der Waals surface area contributed by atoms with Gasteiger partial charge in [-0.3, -0.25) is 4.79 Å². The van der Waals surface area contributed by atoms with Crippen molar-refractivity contribution in [3.63, 3.8) is 0 Å². The molecule has 0 spiro atoms. The van der Waals surface area contributed by atoms with Crippen LogP contribution < -0.4 is 10.6 Å². The third-order valence-electron chi connectivity index (χ3n) is 2.77. The van der Waals surface area contributed by atoms with Gasteiger partial charge in [-0.2, -0.15) is 0 Å². The minimum atomic E-state index is -0.501. The number of nitrogens with one attached hydrogen (secondary N) is 2. The van der Waals surface area contributed by atoms with Crippen molar-refractivity contribution in [1.82, 2.24) is 0 Å². The first-order chi connectivity index (χ1) is 10.0. The third kappa shape index (κ3) is 3.95. The summed E-state index contributed by atoms with van der Waals surface area (Å²) in [6.07, 6.45) is 0. The van der Waals surface area contributed by atoms with E-state index in [2.05, 4.69) is 26.6 Å². The summed E-state index contributed by atoms with van der Waals surface area (Å²) in [7, 11) is 0. The van der Waals surface area contributed by atoms with Gasteiger partial charge in [0.05, 0.1) is 11.3 Å². The molecule has 0 aliphatic heterocycles. The Kier molecular flexibility index (Phi) is 5.20. The number of rotatable bonds is 4. The molecule has 0 atom stereocenters. The van der Waals surface area contributed by atoms with Crippen LogP contribution in [0.25, 0.3) is 0 Å². The van der Waals surface area contributed by atoms with E-state index in [1.807, 2.05) is 6.92 Å². The molecule has 3 nitrogen and oxygen atoms in total. The second-order valence-corrected chi connectivity index (χ2v) is 5.65. The molecule has 0 saturated carbocycles. The Balaban J connectivity index is 2.31. The van der Waals surface area contributed by atoms with E-state index >= 15 is 0 Å². The maximum atomic E-state index is 13.7. The number of anilines is 2. The summed E-state index contributed by atoms with van der Waals surface area (Å²) in [5.74, 6) is -0.927. The first-order valence-electron chi connectivity index (χ1n) is 6.31. The summed E-state index contributed by atoms with van der Waals surface area (Å²) in [5, 5.41) is 6.07. The van der Waals surface area contributed by atoms with Gasteiger partial charge in [-0.1, -0.05) is 27.5 Å². The highest BCUT2D eigenvalue weighted by atomic mass is 79.9. The van der Waals surface area contributed by atoms with Crippen LogP contribution in [0, 0.1) is 5.82 Å². The highest BCUT2D eigenvalue weighted by molar-refractivity contribution is 9.10. The third-order valence-corrected chi connectivity index (χ3v) is 3.50. The number of halogens is 3. The number of carbonyl (C=O) groups excluding carboxylic acids is 1. The van der Waals surface area contributed by atoms with Crippen LogP contribution in [0.3, 0.4) is 0 Å². The zero-order chi connectivity index (χ0) is 15.4. The first-order valence-corrected chi connectivity index (χ1v) is 7.48. The second kappa shape index (κ2) is 6.91. The fraction of sp³-hybridized carbons (Fsp3) is 0.133. The lowest BCUT2D eigenvalue weighted by Gasteiger charge is -2.12. The number of hydrogen-bond donors (Lipinski definition) is 2. The van der Waals surface area contributed by atoms with Gasteiger partial charge < -0.3 is 10.6 Å². The van der Waals surface area contributed by atoms with Gasteiger partial charge in [0.15, 0.2) is 0 Å². The van der Waals surface area contributed by atoms with E-state index < -0.39 is 11.7 Å². The van der Waals surface area contributed by atoms with Gasteiger partial charge in [0.25, 0.3) is 5.91 Å². The van der Waals surface area contributed by atoms with Crippen LogP contribution in [-0.2, 0) is 0 Å². The standard InChI is InChI=1S/C15H13BrClFN2O/c1-2-19-13-6-4-10(17)8-11(13)15(21)20-14-7-9(16)3-5-12(14)18/h3-8,19H,2H2,1H3,(H,20,21). The quantitative estimate of drug-likeness (QED) is 0.800. The molecule has 2 rings (SSSR count). The maximum Gasteiger partial charge on any atom is 0.257 e. The molecule has 0 fully saturated rings. The Bertz CT molecular complexity index is 679. The van der Waals surface area contributed by atoms with Crippen molar-refractivity contribution >= 4 is 44.8 Å². The molecule has 0 aliphatic rings. The molecule has 2 N–H and O–H groups in total. The van der Waals surface area contributed by atoms with E-state index in [1.165, 1.54) is 12.1 Å². The minimum absolute atomic E-state index is 0.108. The summed E-state index contributed by atoms with van der Waals surface area (Å²) in [6.45, 7) is 2.58. The molecule has 0 heterocycles. The fourth-order valence-electron chi connectivity index (χ4n) is 1.83. The van der Waals surface area contributed by atoms with Crippen molar-refractivity contribution < 1.29 is 9.18 Å². The molecular formula is C15H13BrClFN2O. The number of hydrogen-bond acceptors (Lipinski definition) is 2. The van der Waals surface area contributed by atoms with E-state index in [9.17, 15) is 9.18 Å². The Hall–Kier alpha value is -1.59. The van der Waals surface area contributed by atoms with Crippen molar-refractivity contribution in [3.05, 3.63) is 57.3 Å². The summed E-state index contributed by atoms with van der Waals surface area (Å²) in [6, 6.07) is 9.31. The van der Waals surface area contributed by atoms with Gasteiger partial charge in [-0.25, -0.2) is 4.39 Å². The predicted octanol–water partition coefficient (Wildman–Crippen LogP) is 4.93. The zero-order valence-corrected chi connectivity index (χ0v) is 13.6. The van der Waals surface area contributed by atoms with Gasteiger partial charge in [0.1, 0.15) is 5.82 Å². The summed E-state index contributed by atoms with van der Waals surface area (Å²) >= 11 is 9.17. The van der Waals surface area contributed by atoms with Crippen LogP contribution in [0.5, 0.6) is 0 Å². The van der Waals surface area contributed by atoms with Crippen molar-refractivity contribution in [3.8, 4) is 0 Å². The SMILES string of the molecule is CCNc1ccc(Cl)cc1C(=O)Nc1cc(Br)ccc1F. The first kappa shape index (κ1) is 15.8. The average molecular weight is 372 g/mol. The zero-order valence-electron chi connectivity index (χ0n) is 11.2. The van der Waals surface area contributed by atoms with Crippen LogP contribution >= 0.6 is 27.5 Å². The minimum Gasteiger partial charge on any atom is -0.385 e. The molecule has 0 saturated heterocycles. The van der Waals surface area contributed by atoms with Crippen LogP contribution in [0.2, 0.25) is 5.02 Å². The lowest BCUT2D eigenvalue weighted by molar-refractivity contribution is 0.102. The van der Waals surface area contributed by atoms with Gasteiger partial charge >= 0.3 is 0 Å². The van der Waals surface area contributed by atoms with Crippen molar-refractivity contribution in [2.75, 3.05) is 17.2 Å².